The average Bonchev–Trinajstić information content (AvgIpc) is 3.12. The minimum Gasteiger partial charge on any atom is -0.381 e. The first-order valence-corrected chi connectivity index (χ1v) is 9.73. The van der Waals surface area contributed by atoms with Crippen LogP contribution in [0.25, 0.3) is 0 Å². The molecule has 0 aliphatic carbocycles. The lowest BCUT2D eigenvalue weighted by Gasteiger charge is -2.27. The first-order valence-electron chi connectivity index (χ1n) is 8.12. The van der Waals surface area contributed by atoms with E-state index in [0.29, 0.717) is 19.8 Å². The topological polar surface area (TPSA) is 46.6 Å². The van der Waals surface area contributed by atoms with Crippen molar-refractivity contribution >= 4 is 10.0 Å². The molecule has 0 N–H and O–H groups in total. The molecule has 0 aromatic heterocycles. The van der Waals surface area contributed by atoms with E-state index in [-0.39, 0.29) is 17.7 Å². The molecule has 22 heavy (non-hydrogen) atoms. The summed E-state index contributed by atoms with van der Waals surface area (Å²) < 4.78 is 32.8. The second-order valence-corrected chi connectivity index (χ2v) is 8.53. The van der Waals surface area contributed by atoms with Crippen LogP contribution in [0.4, 0.5) is 0 Å². The van der Waals surface area contributed by atoms with E-state index in [4.69, 9.17) is 4.74 Å². The predicted molar refractivity (Wildman–Crippen MR) is 87.3 cm³/mol. The van der Waals surface area contributed by atoms with E-state index in [1.54, 1.807) is 4.31 Å². The SMILES string of the molecule is Cc1cccc([C@H]2CCCN2S(=O)(=O)C[C@@H]2CCOC2)c1C. The van der Waals surface area contributed by atoms with E-state index in [2.05, 4.69) is 26.0 Å². The third-order valence-corrected chi connectivity index (χ3v) is 7.08. The van der Waals surface area contributed by atoms with Crippen molar-refractivity contribution in [3.05, 3.63) is 34.9 Å². The van der Waals surface area contributed by atoms with Gasteiger partial charge in [-0.1, -0.05) is 18.2 Å². The number of hydrogen-bond acceptors (Lipinski definition) is 3. The van der Waals surface area contributed by atoms with E-state index < -0.39 is 10.0 Å². The summed E-state index contributed by atoms with van der Waals surface area (Å²) in [7, 11) is -3.22. The van der Waals surface area contributed by atoms with E-state index in [0.717, 1.165) is 19.3 Å². The average molecular weight is 323 g/mol. The highest BCUT2D eigenvalue weighted by Crippen LogP contribution is 2.37. The summed E-state index contributed by atoms with van der Waals surface area (Å²) in [6.07, 6.45) is 2.73. The Labute approximate surface area is 133 Å². The Morgan fingerprint density at radius 3 is 2.82 bits per heavy atom. The molecule has 2 saturated heterocycles. The lowest BCUT2D eigenvalue weighted by Crippen LogP contribution is -2.35. The molecule has 5 heteroatoms. The molecular formula is C17H25NO3S. The number of sulfonamides is 1. The number of hydrogen-bond donors (Lipinski definition) is 0. The van der Waals surface area contributed by atoms with Gasteiger partial charge in [0.05, 0.1) is 18.4 Å². The molecule has 122 valence electrons. The molecule has 2 aliphatic heterocycles. The van der Waals surface area contributed by atoms with E-state index in [1.807, 2.05) is 6.07 Å². The number of rotatable bonds is 4. The van der Waals surface area contributed by atoms with Crippen molar-refractivity contribution in [2.24, 2.45) is 5.92 Å². The lowest BCUT2D eigenvalue weighted by atomic mass is 9.97. The summed E-state index contributed by atoms with van der Waals surface area (Å²) in [5, 5.41) is 0. The largest absolute Gasteiger partial charge is 0.381 e. The molecule has 2 heterocycles. The minimum absolute atomic E-state index is 0.00669. The van der Waals surface area contributed by atoms with Gasteiger partial charge in [-0.3, -0.25) is 0 Å². The molecule has 0 unspecified atom stereocenters. The van der Waals surface area contributed by atoms with Gasteiger partial charge in [0.15, 0.2) is 0 Å². The Hall–Kier alpha value is -0.910. The molecular weight excluding hydrogens is 298 g/mol. The molecule has 2 atom stereocenters. The van der Waals surface area contributed by atoms with Crippen LogP contribution in [0.3, 0.4) is 0 Å². The fourth-order valence-electron chi connectivity index (χ4n) is 3.63. The molecule has 1 aromatic rings. The highest BCUT2D eigenvalue weighted by Gasteiger charge is 2.37. The fraction of sp³-hybridized carbons (Fsp3) is 0.647. The van der Waals surface area contributed by atoms with Crippen LogP contribution in [-0.4, -0.2) is 38.2 Å². The molecule has 0 radical (unpaired) electrons. The lowest BCUT2D eigenvalue weighted by molar-refractivity contribution is 0.188. The van der Waals surface area contributed by atoms with E-state index in [9.17, 15) is 8.42 Å². The Bertz CT molecular complexity index is 635. The van der Waals surface area contributed by atoms with Crippen molar-refractivity contribution in [2.75, 3.05) is 25.5 Å². The van der Waals surface area contributed by atoms with Gasteiger partial charge in [0.25, 0.3) is 0 Å². The van der Waals surface area contributed by atoms with E-state index >= 15 is 0 Å². The quantitative estimate of drug-likeness (QED) is 0.856. The highest BCUT2D eigenvalue weighted by molar-refractivity contribution is 7.89. The van der Waals surface area contributed by atoms with Crippen LogP contribution in [0.1, 0.15) is 42.0 Å². The Kier molecular flexibility index (Phi) is 4.57. The molecule has 0 bridgehead atoms. The van der Waals surface area contributed by atoms with Gasteiger partial charge in [-0.25, -0.2) is 8.42 Å². The van der Waals surface area contributed by atoms with Crippen LogP contribution in [0.2, 0.25) is 0 Å². The minimum atomic E-state index is -3.22. The molecule has 2 aliphatic rings. The third-order valence-electron chi connectivity index (χ3n) is 5.04. The van der Waals surface area contributed by atoms with Gasteiger partial charge < -0.3 is 4.74 Å². The maximum atomic E-state index is 12.8. The molecule has 4 nitrogen and oxygen atoms in total. The van der Waals surface area contributed by atoms with Crippen LogP contribution in [0.5, 0.6) is 0 Å². The maximum Gasteiger partial charge on any atom is 0.215 e. The smallest absolute Gasteiger partial charge is 0.215 e. The first kappa shape index (κ1) is 16.0. The molecule has 0 saturated carbocycles. The summed E-state index contributed by atoms with van der Waals surface area (Å²) >= 11 is 0. The molecule has 1 aromatic carbocycles. The van der Waals surface area contributed by atoms with Crippen LogP contribution in [-0.2, 0) is 14.8 Å². The number of aryl methyl sites for hydroxylation is 1. The summed E-state index contributed by atoms with van der Waals surface area (Å²) in [6.45, 7) is 6.11. The van der Waals surface area contributed by atoms with Crippen LogP contribution < -0.4 is 0 Å². The second kappa shape index (κ2) is 6.30. The summed E-state index contributed by atoms with van der Waals surface area (Å²) in [5.41, 5.74) is 3.62. The van der Waals surface area contributed by atoms with Crippen LogP contribution in [0, 0.1) is 19.8 Å². The standard InChI is InChI=1S/C17H25NO3S/c1-13-5-3-6-16(14(13)2)17-7-4-9-18(17)22(19,20)12-15-8-10-21-11-15/h3,5-6,15,17H,4,7-12H2,1-2H3/t15-,17-/m1/s1. The maximum absolute atomic E-state index is 12.8. The van der Waals surface area contributed by atoms with Crippen molar-refractivity contribution < 1.29 is 13.2 Å². The Morgan fingerprint density at radius 1 is 1.27 bits per heavy atom. The molecule has 0 spiro atoms. The summed E-state index contributed by atoms with van der Waals surface area (Å²) in [5.74, 6) is 0.388. The second-order valence-electron chi connectivity index (χ2n) is 6.57. The van der Waals surface area contributed by atoms with Gasteiger partial charge in [-0.15, -0.1) is 0 Å². The van der Waals surface area contributed by atoms with Gasteiger partial charge in [0.1, 0.15) is 0 Å². The summed E-state index contributed by atoms with van der Waals surface area (Å²) in [6, 6.07) is 6.21. The van der Waals surface area contributed by atoms with Crippen LogP contribution in [0.15, 0.2) is 18.2 Å². The zero-order valence-corrected chi connectivity index (χ0v) is 14.2. The number of benzene rings is 1. The molecule has 2 fully saturated rings. The monoisotopic (exact) mass is 323 g/mol. The van der Waals surface area contributed by atoms with Gasteiger partial charge in [-0.2, -0.15) is 4.31 Å². The zero-order valence-electron chi connectivity index (χ0n) is 13.4. The number of ether oxygens (including phenoxy) is 1. The van der Waals surface area contributed by atoms with Gasteiger partial charge in [-0.05, 0) is 55.7 Å². The highest BCUT2D eigenvalue weighted by atomic mass is 32.2. The zero-order chi connectivity index (χ0) is 15.7. The van der Waals surface area contributed by atoms with Gasteiger partial charge in [0.2, 0.25) is 10.0 Å². The molecule has 3 rings (SSSR count). The number of nitrogens with zero attached hydrogens (tertiary/aromatic N) is 1. The normalized spacial score (nSPS) is 26.6. The third kappa shape index (κ3) is 3.07. The van der Waals surface area contributed by atoms with Crippen molar-refractivity contribution in [3.8, 4) is 0 Å². The fourth-order valence-corrected chi connectivity index (χ4v) is 5.69. The van der Waals surface area contributed by atoms with Crippen molar-refractivity contribution in [3.63, 3.8) is 0 Å². The van der Waals surface area contributed by atoms with Crippen molar-refractivity contribution in [1.82, 2.24) is 4.31 Å². The van der Waals surface area contributed by atoms with Crippen molar-refractivity contribution in [2.45, 2.75) is 39.2 Å². The first-order chi connectivity index (χ1) is 10.5. The Balaban J connectivity index is 1.84. The summed E-state index contributed by atoms with van der Waals surface area (Å²) in [4.78, 5) is 0. The van der Waals surface area contributed by atoms with E-state index in [1.165, 1.54) is 16.7 Å². The Morgan fingerprint density at radius 2 is 2.09 bits per heavy atom. The predicted octanol–water partition coefficient (Wildman–Crippen LogP) is 2.81. The van der Waals surface area contributed by atoms with Crippen LogP contribution >= 0.6 is 0 Å². The molecule has 0 amide bonds. The van der Waals surface area contributed by atoms with Gasteiger partial charge >= 0.3 is 0 Å². The van der Waals surface area contributed by atoms with Gasteiger partial charge in [0, 0.05) is 13.2 Å². The van der Waals surface area contributed by atoms with Crippen molar-refractivity contribution in [1.29, 1.82) is 0 Å².